The van der Waals surface area contributed by atoms with Gasteiger partial charge in [-0.05, 0) is 138 Å². The van der Waals surface area contributed by atoms with E-state index in [0.29, 0.717) is 0 Å². The van der Waals surface area contributed by atoms with Crippen LogP contribution in [0.1, 0.15) is 0 Å². The SMILES string of the molecule is c1ccc(-c2ccc(N(c3ccc(-c4ccc(N(c5ccccc5)c5ccc6c(c5)c5cc7c(cc5n6-c5ccccc5)sc5ccccc57)cc4)cc3)c3ccc4c(c3)sc3ccccc34)cc2)cc1. The molecule has 3 heterocycles. The van der Waals surface area contributed by atoms with E-state index >= 15 is 0 Å². The zero-order valence-corrected chi connectivity index (χ0v) is 40.1. The molecule has 0 aliphatic carbocycles. The number of aromatic nitrogens is 1. The Hall–Kier alpha value is -8.74. The molecule has 0 saturated carbocycles. The highest BCUT2D eigenvalue weighted by atomic mass is 32.1. The molecule has 0 unspecified atom stereocenters. The molecule has 71 heavy (non-hydrogen) atoms. The number of rotatable bonds is 9. The Balaban J connectivity index is 0.838. The summed E-state index contributed by atoms with van der Waals surface area (Å²) in [5, 5.41) is 7.68. The van der Waals surface area contributed by atoms with Crippen molar-refractivity contribution in [1.29, 1.82) is 0 Å². The molecule has 0 saturated heterocycles. The quantitative estimate of drug-likeness (QED) is 0.143. The molecule has 0 fully saturated rings. The Labute approximate surface area is 419 Å². The van der Waals surface area contributed by atoms with Gasteiger partial charge >= 0.3 is 0 Å². The van der Waals surface area contributed by atoms with Crippen LogP contribution in [-0.2, 0) is 0 Å². The van der Waals surface area contributed by atoms with E-state index in [1.807, 2.05) is 22.7 Å². The summed E-state index contributed by atoms with van der Waals surface area (Å²) < 4.78 is 7.63. The van der Waals surface area contributed by atoms with Crippen molar-refractivity contribution in [3.05, 3.63) is 261 Å². The standard InChI is InChI=1S/C66H43N3S2/c1-4-14-44(15-5-1)45-24-30-51(31-25-45)68(54-36-38-57-55-20-10-12-22-63(55)70-65(57)41-54)52-34-28-47(29-35-52)46-26-32-50(33-27-46)67(48-16-6-2-7-17-48)53-37-39-61-58(40-53)59-42-60-56-21-11-13-23-64(56)71-66(60)43-62(59)69(61)49-18-8-3-9-19-49/h1-43H. The lowest BCUT2D eigenvalue weighted by molar-refractivity contribution is 1.18. The molecule has 0 spiro atoms. The van der Waals surface area contributed by atoms with E-state index in [1.165, 1.54) is 73.3 Å². The maximum Gasteiger partial charge on any atom is 0.0555 e. The van der Waals surface area contributed by atoms with Crippen molar-refractivity contribution in [2.75, 3.05) is 9.80 Å². The highest BCUT2D eigenvalue weighted by molar-refractivity contribution is 7.26. The number of benzene rings is 11. The van der Waals surface area contributed by atoms with Crippen LogP contribution in [-0.4, -0.2) is 4.57 Å². The predicted octanol–water partition coefficient (Wildman–Crippen LogP) is 19.8. The largest absolute Gasteiger partial charge is 0.310 e. The van der Waals surface area contributed by atoms with Crippen LogP contribution in [0.15, 0.2) is 261 Å². The summed E-state index contributed by atoms with van der Waals surface area (Å²) in [6.07, 6.45) is 0. The Bertz CT molecular complexity index is 4250. The van der Waals surface area contributed by atoms with E-state index in [1.54, 1.807) is 0 Å². The van der Waals surface area contributed by atoms with Crippen molar-refractivity contribution in [3.63, 3.8) is 0 Å². The fourth-order valence-corrected chi connectivity index (χ4v) is 12.8. The van der Waals surface area contributed by atoms with Gasteiger partial charge in [0.1, 0.15) is 0 Å². The van der Waals surface area contributed by atoms with Crippen LogP contribution in [0.2, 0.25) is 0 Å². The van der Waals surface area contributed by atoms with Gasteiger partial charge in [-0.15, -0.1) is 22.7 Å². The first kappa shape index (κ1) is 41.3. The molecule has 0 aliphatic rings. The number of hydrogen-bond acceptors (Lipinski definition) is 4. The van der Waals surface area contributed by atoms with E-state index < -0.39 is 0 Å². The first-order valence-corrected chi connectivity index (χ1v) is 25.7. The fraction of sp³-hybridized carbons (Fsp3) is 0. The minimum atomic E-state index is 1.09. The normalized spacial score (nSPS) is 11.7. The van der Waals surface area contributed by atoms with Crippen molar-refractivity contribution in [2.45, 2.75) is 0 Å². The fourth-order valence-electron chi connectivity index (χ4n) is 10.6. The third-order valence-corrected chi connectivity index (χ3v) is 16.2. The minimum Gasteiger partial charge on any atom is -0.310 e. The summed E-state index contributed by atoms with van der Waals surface area (Å²) in [4.78, 5) is 4.76. The third kappa shape index (κ3) is 7.17. The van der Waals surface area contributed by atoms with Gasteiger partial charge in [0.15, 0.2) is 0 Å². The van der Waals surface area contributed by atoms with E-state index in [0.717, 1.165) is 50.9 Å². The predicted molar refractivity (Wildman–Crippen MR) is 307 cm³/mol. The summed E-state index contributed by atoms with van der Waals surface area (Å²) in [5.74, 6) is 0. The van der Waals surface area contributed by atoms with Gasteiger partial charge in [-0.1, -0.05) is 146 Å². The topological polar surface area (TPSA) is 11.4 Å². The molecule has 14 rings (SSSR count). The summed E-state index contributed by atoms with van der Waals surface area (Å²) in [5.41, 5.74) is 14.9. The molecule has 5 heteroatoms. The van der Waals surface area contributed by atoms with Gasteiger partial charge in [0.25, 0.3) is 0 Å². The zero-order chi connectivity index (χ0) is 46.8. The molecule has 334 valence electrons. The Morgan fingerprint density at radius 1 is 0.239 bits per heavy atom. The van der Waals surface area contributed by atoms with Gasteiger partial charge in [-0.2, -0.15) is 0 Å². The van der Waals surface area contributed by atoms with Crippen molar-refractivity contribution in [3.8, 4) is 27.9 Å². The second-order valence-electron chi connectivity index (χ2n) is 18.1. The first-order valence-electron chi connectivity index (χ1n) is 24.1. The molecule has 3 nitrogen and oxygen atoms in total. The van der Waals surface area contributed by atoms with Crippen LogP contribution in [0.4, 0.5) is 34.1 Å². The van der Waals surface area contributed by atoms with Gasteiger partial charge < -0.3 is 14.4 Å². The smallest absolute Gasteiger partial charge is 0.0555 e. The average molecular weight is 942 g/mol. The van der Waals surface area contributed by atoms with Crippen LogP contribution < -0.4 is 9.80 Å². The molecule has 11 aromatic carbocycles. The van der Waals surface area contributed by atoms with E-state index in [2.05, 4.69) is 275 Å². The first-order chi connectivity index (χ1) is 35.2. The Morgan fingerprint density at radius 2 is 0.648 bits per heavy atom. The summed E-state index contributed by atoms with van der Waals surface area (Å²) >= 11 is 3.72. The number of hydrogen-bond donors (Lipinski definition) is 0. The highest BCUT2D eigenvalue weighted by Gasteiger charge is 2.20. The average Bonchev–Trinajstić information content (AvgIpc) is 4.10. The van der Waals surface area contributed by atoms with Gasteiger partial charge in [-0.25, -0.2) is 0 Å². The van der Waals surface area contributed by atoms with Crippen LogP contribution in [0.25, 0.3) is 90.1 Å². The van der Waals surface area contributed by atoms with E-state index in [-0.39, 0.29) is 0 Å². The molecule has 0 amide bonds. The van der Waals surface area contributed by atoms with Crippen LogP contribution >= 0.6 is 22.7 Å². The van der Waals surface area contributed by atoms with Crippen molar-refractivity contribution >= 4 is 119 Å². The molecular weight excluding hydrogens is 899 g/mol. The van der Waals surface area contributed by atoms with Crippen LogP contribution in [0.5, 0.6) is 0 Å². The molecule has 14 aromatic rings. The lowest BCUT2D eigenvalue weighted by Gasteiger charge is -2.26. The van der Waals surface area contributed by atoms with Crippen molar-refractivity contribution in [1.82, 2.24) is 4.57 Å². The summed E-state index contributed by atoms with van der Waals surface area (Å²) in [6, 6.07) is 95.3. The van der Waals surface area contributed by atoms with E-state index in [9.17, 15) is 0 Å². The van der Waals surface area contributed by atoms with Crippen molar-refractivity contribution < 1.29 is 0 Å². The molecule has 0 aliphatic heterocycles. The lowest BCUT2D eigenvalue weighted by Crippen LogP contribution is -2.10. The number of nitrogens with zero attached hydrogens (tertiary/aromatic N) is 3. The van der Waals surface area contributed by atoms with Gasteiger partial charge in [0, 0.05) is 90.9 Å². The zero-order valence-electron chi connectivity index (χ0n) is 38.5. The lowest BCUT2D eigenvalue weighted by atomic mass is 10.0. The van der Waals surface area contributed by atoms with Crippen molar-refractivity contribution in [2.24, 2.45) is 0 Å². The molecule has 0 atom stereocenters. The monoisotopic (exact) mass is 941 g/mol. The number of thiophene rings is 2. The summed E-state index contributed by atoms with van der Waals surface area (Å²) in [7, 11) is 0. The number of anilines is 6. The van der Waals surface area contributed by atoms with E-state index in [4.69, 9.17) is 0 Å². The number of fused-ring (bicyclic) bond motifs is 9. The van der Waals surface area contributed by atoms with Crippen LogP contribution in [0.3, 0.4) is 0 Å². The Morgan fingerprint density at radius 3 is 1.24 bits per heavy atom. The maximum absolute atomic E-state index is 2.43. The molecule has 0 bridgehead atoms. The second-order valence-corrected chi connectivity index (χ2v) is 20.3. The molecular formula is C66H43N3S2. The number of para-hydroxylation sites is 2. The third-order valence-electron chi connectivity index (χ3n) is 14.0. The Kier molecular flexibility index (Phi) is 9.90. The molecule has 0 N–H and O–H groups in total. The summed E-state index contributed by atoms with van der Waals surface area (Å²) in [6.45, 7) is 0. The molecule has 3 aromatic heterocycles. The second kappa shape index (κ2) is 17.0. The highest BCUT2D eigenvalue weighted by Crippen LogP contribution is 2.45. The van der Waals surface area contributed by atoms with Crippen LogP contribution in [0, 0.1) is 0 Å². The van der Waals surface area contributed by atoms with Gasteiger partial charge in [0.05, 0.1) is 11.0 Å². The van der Waals surface area contributed by atoms with Gasteiger partial charge in [-0.3, -0.25) is 0 Å². The molecule has 0 radical (unpaired) electrons. The minimum absolute atomic E-state index is 1.09. The maximum atomic E-state index is 2.43. The van der Waals surface area contributed by atoms with Gasteiger partial charge in [0.2, 0.25) is 0 Å².